The molecule has 1 unspecified atom stereocenters. The summed E-state index contributed by atoms with van der Waals surface area (Å²) in [6.07, 6.45) is 2.12. The number of hydrogen-bond acceptors (Lipinski definition) is 2. The van der Waals surface area contributed by atoms with Crippen molar-refractivity contribution in [2.24, 2.45) is 5.92 Å². The second kappa shape index (κ2) is 8.76. The molecule has 2 aromatic carbocycles. The second-order valence-electron chi connectivity index (χ2n) is 6.72. The van der Waals surface area contributed by atoms with Crippen LogP contribution in [0.1, 0.15) is 18.4 Å². The number of nitrogens with one attached hydrogen (secondary N) is 2. The summed E-state index contributed by atoms with van der Waals surface area (Å²) in [7, 11) is 0. The van der Waals surface area contributed by atoms with Crippen molar-refractivity contribution in [1.82, 2.24) is 10.2 Å². The quantitative estimate of drug-likeness (QED) is 0.848. The predicted octanol–water partition coefficient (Wildman–Crippen LogP) is 4.00. The lowest BCUT2D eigenvalue weighted by atomic mass is 9.97. The van der Waals surface area contributed by atoms with Gasteiger partial charge in [0, 0.05) is 25.3 Å². The number of carbonyl (C=O) groups excluding carboxylic acids is 1. The van der Waals surface area contributed by atoms with Gasteiger partial charge in [-0.2, -0.15) is 0 Å². The Morgan fingerprint density at radius 3 is 2.69 bits per heavy atom. The van der Waals surface area contributed by atoms with E-state index in [1.54, 1.807) is 12.1 Å². The Morgan fingerprint density at radius 1 is 1.12 bits per heavy atom. The van der Waals surface area contributed by atoms with Gasteiger partial charge in [0.05, 0.1) is 0 Å². The maximum Gasteiger partial charge on any atom is 0.319 e. The summed E-state index contributed by atoms with van der Waals surface area (Å²) in [4.78, 5) is 14.3. The first-order valence-corrected chi connectivity index (χ1v) is 8.86. The van der Waals surface area contributed by atoms with Crippen LogP contribution in [0, 0.1) is 17.6 Å². The van der Waals surface area contributed by atoms with Gasteiger partial charge in [-0.25, -0.2) is 13.6 Å². The predicted molar refractivity (Wildman–Crippen MR) is 97.8 cm³/mol. The van der Waals surface area contributed by atoms with Crippen molar-refractivity contribution in [3.05, 3.63) is 65.7 Å². The normalized spacial score (nSPS) is 17.7. The van der Waals surface area contributed by atoms with Crippen LogP contribution in [0.5, 0.6) is 0 Å². The van der Waals surface area contributed by atoms with E-state index in [4.69, 9.17) is 0 Å². The number of likely N-dealkylation sites (tertiary alicyclic amines) is 1. The van der Waals surface area contributed by atoms with Crippen molar-refractivity contribution >= 4 is 11.7 Å². The number of benzene rings is 2. The zero-order valence-electron chi connectivity index (χ0n) is 14.6. The largest absolute Gasteiger partial charge is 0.338 e. The van der Waals surface area contributed by atoms with Crippen LogP contribution in [0.15, 0.2) is 48.5 Å². The highest BCUT2D eigenvalue weighted by Crippen LogP contribution is 2.18. The zero-order chi connectivity index (χ0) is 18.4. The molecular weight excluding hydrogens is 336 g/mol. The molecule has 0 aliphatic carbocycles. The Hall–Kier alpha value is -2.47. The van der Waals surface area contributed by atoms with Crippen molar-refractivity contribution in [2.45, 2.75) is 19.4 Å². The third kappa shape index (κ3) is 5.52. The molecule has 1 aliphatic heterocycles. The molecule has 0 bridgehead atoms. The van der Waals surface area contributed by atoms with Crippen LogP contribution in [0.25, 0.3) is 0 Å². The lowest BCUT2D eigenvalue weighted by molar-refractivity contribution is 0.166. The first-order chi connectivity index (χ1) is 12.6. The molecule has 1 saturated heterocycles. The highest BCUT2D eigenvalue weighted by molar-refractivity contribution is 5.89. The lowest BCUT2D eigenvalue weighted by Crippen LogP contribution is -2.41. The van der Waals surface area contributed by atoms with Crippen LogP contribution in [0.3, 0.4) is 0 Å². The van der Waals surface area contributed by atoms with E-state index in [-0.39, 0.29) is 17.7 Å². The highest BCUT2D eigenvalue weighted by Gasteiger charge is 2.20. The summed E-state index contributed by atoms with van der Waals surface area (Å²) >= 11 is 0. The summed E-state index contributed by atoms with van der Waals surface area (Å²) in [5.74, 6) is -0.243. The molecule has 3 rings (SSSR count). The van der Waals surface area contributed by atoms with Gasteiger partial charge in [0.25, 0.3) is 0 Å². The van der Waals surface area contributed by atoms with Crippen LogP contribution in [-0.4, -0.2) is 30.6 Å². The highest BCUT2D eigenvalue weighted by atomic mass is 19.1. The van der Waals surface area contributed by atoms with Crippen molar-refractivity contribution in [3.8, 4) is 0 Å². The van der Waals surface area contributed by atoms with Gasteiger partial charge in [0.15, 0.2) is 0 Å². The van der Waals surface area contributed by atoms with E-state index in [1.165, 1.54) is 24.3 Å². The van der Waals surface area contributed by atoms with Crippen LogP contribution in [0.2, 0.25) is 0 Å². The van der Waals surface area contributed by atoms with Crippen molar-refractivity contribution in [1.29, 1.82) is 0 Å². The average Bonchev–Trinajstić information content (AvgIpc) is 2.62. The van der Waals surface area contributed by atoms with E-state index in [2.05, 4.69) is 15.5 Å². The van der Waals surface area contributed by atoms with E-state index in [1.807, 2.05) is 12.1 Å². The van der Waals surface area contributed by atoms with E-state index in [0.717, 1.165) is 38.0 Å². The number of nitrogens with zero attached hydrogens (tertiary/aromatic N) is 1. The molecule has 1 aliphatic rings. The standard InChI is InChI=1S/C20H23F2N3O/c21-17-8-6-15(7-9-17)13-25-10-2-3-16(14-25)12-23-20(26)24-19-5-1-4-18(22)11-19/h1,4-9,11,16H,2-3,10,12-14H2,(H2,23,24,26). The summed E-state index contributed by atoms with van der Waals surface area (Å²) in [5, 5.41) is 5.50. The molecule has 4 nitrogen and oxygen atoms in total. The topological polar surface area (TPSA) is 44.4 Å². The Labute approximate surface area is 152 Å². The SMILES string of the molecule is O=C(NCC1CCCN(Cc2ccc(F)cc2)C1)Nc1cccc(F)c1. The van der Waals surface area contributed by atoms with E-state index < -0.39 is 0 Å². The molecule has 0 aromatic heterocycles. The maximum atomic E-state index is 13.1. The number of hydrogen-bond donors (Lipinski definition) is 2. The number of amides is 2. The average molecular weight is 359 g/mol. The summed E-state index contributed by atoms with van der Waals surface area (Å²) in [6, 6.07) is 12.1. The maximum absolute atomic E-state index is 13.1. The van der Waals surface area contributed by atoms with Gasteiger partial charge in [0.1, 0.15) is 11.6 Å². The number of carbonyl (C=O) groups is 1. The van der Waals surface area contributed by atoms with E-state index in [0.29, 0.717) is 18.2 Å². The number of halogens is 2. The molecule has 26 heavy (non-hydrogen) atoms. The fourth-order valence-corrected chi connectivity index (χ4v) is 3.29. The molecule has 2 N–H and O–H groups in total. The molecule has 0 radical (unpaired) electrons. The number of anilines is 1. The van der Waals surface area contributed by atoms with Crippen LogP contribution < -0.4 is 10.6 Å². The molecule has 0 saturated carbocycles. The smallest absolute Gasteiger partial charge is 0.319 e. The van der Waals surface area contributed by atoms with Crippen molar-refractivity contribution < 1.29 is 13.6 Å². The molecule has 1 fully saturated rings. The molecule has 138 valence electrons. The van der Waals surface area contributed by atoms with Gasteiger partial charge in [-0.15, -0.1) is 0 Å². The van der Waals surface area contributed by atoms with Gasteiger partial charge >= 0.3 is 6.03 Å². The van der Waals surface area contributed by atoms with Crippen LogP contribution >= 0.6 is 0 Å². The van der Waals surface area contributed by atoms with E-state index >= 15 is 0 Å². The first-order valence-electron chi connectivity index (χ1n) is 8.86. The fraction of sp³-hybridized carbons (Fsp3) is 0.350. The van der Waals surface area contributed by atoms with Crippen LogP contribution in [-0.2, 0) is 6.54 Å². The van der Waals surface area contributed by atoms with Crippen molar-refractivity contribution in [2.75, 3.05) is 25.0 Å². The fourth-order valence-electron chi connectivity index (χ4n) is 3.29. The minimum Gasteiger partial charge on any atom is -0.338 e. The van der Waals surface area contributed by atoms with Gasteiger partial charge in [-0.3, -0.25) is 4.90 Å². The number of urea groups is 1. The minimum absolute atomic E-state index is 0.223. The Morgan fingerprint density at radius 2 is 1.92 bits per heavy atom. The third-order valence-corrected chi connectivity index (χ3v) is 4.56. The van der Waals surface area contributed by atoms with Gasteiger partial charge < -0.3 is 10.6 Å². The first kappa shape index (κ1) is 18.3. The molecule has 2 amide bonds. The molecule has 1 atom stereocenters. The number of piperidine rings is 1. The Kier molecular flexibility index (Phi) is 6.17. The lowest BCUT2D eigenvalue weighted by Gasteiger charge is -2.32. The summed E-state index contributed by atoms with van der Waals surface area (Å²) in [5.41, 5.74) is 1.52. The Balaban J connectivity index is 1.44. The molecule has 2 aromatic rings. The summed E-state index contributed by atoms with van der Waals surface area (Å²) < 4.78 is 26.1. The zero-order valence-corrected chi connectivity index (χ0v) is 14.6. The van der Waals surface area contributed by atoms with Gasteiger partial charge in [-0.05, 0) is 61.2 Å². The van der Waals surface area contributed by atoms with Gasteiger partial charge in [-0.1, -0.05) is 18.2 Å². The molecular formula is C20H23F2N3O. The third-order valence-electron chi connectivity index (χ3n) is 4.56. The molecule has 6 heteroatoms. The van der Waals surface area contributed by atoms with Gasteiger partial charge in [0.2, 0.25) is 0 Å². The van der Waals surface area contributed by atoms with Crippen molar-refractivity contribution in [3.63, 3.8) is 0 Å². The molecule has 0 spiro atoms. The summed E-state index contributed by atoms with van der Waals surface area (Å²) in [6.45, 7) is 3.24. The van der Waals surface area contributed by atoms with Crippen LogP contribution in [0.4, 0.5) is 19.3 Å². The number of rotatable bonds is 5. The second-order valence-corrected chi connectivity index (χ2v) is 6.72. The van der Waals surface area contributed by atoms with E-state index in [9.17, 15) is 13.6 Å². The molecule has 1 heterocycles. The minimum atomic E-state index is -0.383. The Bertz CT molecular complexity index is 736. The monoisotopic (exact) mass is 359 g/mol.